The average molecular weight is 445 g/mol. The van der Waals surface area contributed by atoms with E-state index in [0.29, 0.717) is 24.9 Å². The van der Waals surface area contributed by atoms with Crippen LogP contribution in [0, 0.1) is 6.92 Å². The number of dihydropyridines is 1. The number of hydrogen-bond donors (Lipinski definition) is 1. The summed E-state index contributed by atoms with van der Waals surface area (Å²) in [5.74, 6) is -0.492. The zero-order chi connectivity index (χ0) is 22.6. The van der Waals surface area contributed by atoms with Gasteiger partial charge in [-0.3, -0.25) is 4.79 Å². The molecule has 3 aliphatic rings. The van der Waals surface area contributed by atoms with Crippen molar-refractivity contribution in [2.45, 2.75) is 55.8 Å². The van der Waals surface area contributed by atoms with E-state index in [1.54, 1.807) is 12.4 Å². The van der Waals surface area contributed by atoms with Gasteiger partial charge in [-0.1, -0.05) is 18.2 Å². The van der Waals surface area contributed by atoms with Crippen molar-refractivity contribution in [2.75, 3.05) is 0 Å². The molecule has 0 spiro atoms. The van der Waals surface area contributed by atoms with E-state index in [4.69, 9.17) is 4.74 Å². The number of nitrogens with one attached hydrogen (secondary N) is 1. The van der Waals surface area contributed by atoms with Gasteiger partial charge in [0.1, 0.15) is 0 Å². The fourth-order valence-electron chi connectivity index (χ4n) is 5.22. The molecular formula is C22H22F3N5O2. The second-order valence-corrected chi connectivity index (χ2v) is 8.42. The van der Waals surface area contributed by atoms with E-state index in [9.17, 15) is 18.0 Å². The Hall–Kier alpha value is -3.14. The number of hydrogen-bond acceptors (Lipinski definition) is 5. The molecule has 0 radical (unpaired) electrons. The van der Waals surface area contributed by atoms with Crippen LogP contribution in [-0.4, -0.2) is 50.0 Å². The van der Waals surface area contributed by atoms with Gasteiger partial charge in [0.25, 0.3) is 5.72 Å². The Morgan fingerprint density at radius 2 is 2.03 bits per heavy atom. The Labute approximate surface area is 182 Å². The van der Waals surface area contributed by atoms with Crippen molar-refractivity contribution in [1.29, 1.82) is 0 Å². The molecule has 1 aromatic heterocycles. The molecule has 2 fully saturated rings. The number of fused-ring (bicyclic) bond motifs is 2. The molecule has 1 aromatic carbocycles. The first-order valence-corrected chi connectivity index (χ1v) is 10.4. The monoisotopic (exact) mass is 445 g/mol. The van der Waals surface area contributed by atoms with Crippen LogP contribution in [0.5, 0.6) is 0 Å². The smallest absolute Gasteiger partial charge is 0.353 e. The van der Waals surface area contributed by atoms with Gasteiger partial charge >= 0.3 is 6.18 Å². The van der Waals surface area contributed by atoms with Crippen molar-refractivity contribution in [1.82, 2.24) is 25.2 Å². The largest absolute Gasteiger partial charge is 0.440 e. The number of aryl methyl sites for hydroxylation is 1. The van der Waals surface area contributed by atoms with Crippen LogP contribution >= 0.6 is 0 Å². The number of halogens is 3. The number of carbonyl (C=O) groups excluding carboxylic acids is 1. The minimum absolute atomic E-state index is 0.203. The van der Waals surface area contributed by atoms with Gasteiger partial charge in [-0.25, -0.2) is 0 Å². The first-order chi connectivity index (χ1) is 15.3. The third-order valence-electron chi connectivity index (χ3n) is 6.62. The molecule has 10 heteroatoms. The van der Waals surface area contributed by atoms with Gasteiger partial charge in [0.15, 0.2) is 5.72 Å². The zero-order valence-corrected chi connectivity index (χ0v) is 17.3. The van der Waals surface area contributed by atoms with Gasteiger partial charge < -0.3 is 15.0 Å². The summed E-state index contributed by atoms with van der Waals surface area (Å²) in [6.07, 6.45) is 5.23. The Morgan fingerprint density at radius 3 is 2.69 bits per heavy atom. The third-order valence-corrected chi connectivity index (χ3v) is 6.62. The summed E-state index contributed by atoms with van der Waals surface area (Å²) in [5.41, 5.74) is -1.85. The van der Waals surface area contributed by atoms with Crippen LogP contribution in [-0.2, 0) is 9.53 Å². The second-order valence-electron chi connectivity index (χ2n) is 8.42. The Kier molecular flexibility index (Phi) is 4.66. The molecule has 7 nitrogen and oxygen atoms in total. The summed E-state index contributed by atoms with van der Waals surface area (Å²) >= 11 is 0. The highest BCUT2D eigenvalue weighted by Crippen LogP contribution is 2.58. The molecule has 4 atom stereocenters. The topological polar surface area (TPSA) is 72.3 Å². The lowest BCUT2D eigenvalue weighted by Crippen LogP contribution is -2.63. The molecule has 0 aliphatic carbocycles. The predicted molar refractivity (Wildman–Crippen MR) is 108 cm³/mol. The summed E-state index contributed by atoms with van der Waals surface area (Å²) in [7, 11) is 0. The molecule has 168 valence electrons. The number of ether oxygens (including phenoxy) is 1. The molecule has 3 aliphatic heterocycles. The molecule has 32 heavy (non-hydrogen) atoms. The molecule has 1 amide bonds. The van der Waals surface area contributed by atoms with Crippen LogP contribution in [0.1, 0.15) is 36.3 Å². The predicted octanol–water partition coefficient (Wildman–Crippen LogP) is 3.33. The molecule has 1 unspecified atom stereocenters. The van der Waals surface area contributed by atoms with Gasteiger partial charge in [0.2, 0.25) is 6.41 Å². The minimum atomic E-state index is -4.75. The fourth-order valence-corrected chi connectivity index (χ4v) is 5.22. The molecule has 2 saturated heterocycles. The normalized spacial score (nSPS) is 31.2. The third kappa shape index (κ3) is 2.96. The number of allylic oxidation sites excluding steroid dienone is 2. The van der Waals surface area contributed by atoms with Crippen molar-refractivity contribution in [2.24, 2.45) is 0 Å². The van der Waals surface area contributed by atoms with E-state index in [-0.39, 0.29) is 12.5 Å². The summed E-state index contributed by atoms with van der Waals surface area (Å²) in [5, 5.41) is 10.8. The van der Waals surface area contributed by atoms with E-state index in [2.05, 4.69) is 15.5 Å². The number of rotatable bonds is 5. The van der Waals surface area contributed by atoms with Crippen molar-refractivity contribution in [3.05, 3.63) is 66.1 Å². The summed E-state index contributed by atoms with van der Waals surface area (Å²) < 4.78 is 48.9. The average Bonchev–Trinajstić information content (AvgIpc) is 3.47. The van der Waals surface area contributed by atoms with E-state index < -0.39 is 23.5 Å². The fraction of sp³-hybridized carbons (Fsp3) is 0.409. The Morgan fingerprint density at radius 1 is 1.25 bits per heavy atom. The lowest BCUT2D eigenvalue weighted by atomic mass is 9.79. The van der Waals surface area contributed by atoms with Crippen molar-refractivity contribution >= 4 is 6.41 Å². The van der Waals surface area contributed by atoms with Crippen molar-refractivity contribution in [3.8, 4) is 5.69 Å². The Bertz CT molecular complexity index is 1080. The molecule has 4 heterocycles. The highest BCUT2D eigenvalue weighted by molar-refractivity contribution is 5.55. The van der Waals surface area contributed by atoms with Crippen molar-refractivity contribution < 1.29 is 22.7 Å². The van der Waals surface area contributed by atoms with Crippen LogP contribution in [0.4, 0.5) is 13.2 Å². The highest BCUT2D eigenvalue weighted by Gasteiger charge is 2.66. The summed E-state index contributed by atoms with van der Waals surface area (Å²) in [6, 6.07) is 5.46. The second kappa shape index (κ2) is 7.19. The number of benzene rings is 1. The number of amides is 1. The maximum Gasteiger partial charge on any atom is 0.440 e. The first-order valence-electron chi connectivity index (χ1n) is 10.4. The van der Waals surface area contributed by atoms with Gasteiger partial charge in [-0.2, -0.15) is 28.2 Å². The van der Waals surface area contributed by atoms with Crippen LogP contribution in [0.3, 0.4) is 0 Å². The molecule has 0 saturated carbocycles. The molecular weight excluding hydrogens is 423 g/mol. The van der Waals surface area contributed by atoms with E-state index in [1.165, 1.54) is 28.0 Å². The maximum absolute atomic E-state index is 14.3. The van der Waals surface area contributed by atoms with Gasteiger partial charge in [0, 0.05) is 12.0 Å². The number of nitrogens with zero attached hydrogens (tertiary/aromatic N) is 4. The van der Waals surface area contributed by atoms with Crippen molar-refractivity contribution in [3.63, 3.8) is 0 Å². The van der Waals surface area contributed by atoms with Crippen LogP contribution in [0.2, 0.25) is 0 Å². The van der Waals surface area contributed by atoms with Crippen LogP contribution in [0.25, 0.3) is 5.69 Å². The van der Waals surface area contributed by atoms with Crippen LogP contribution in [0.15, 0.2) is 55.0 Å². The SMILES string of the molecule is Cc1ccc(C2C[C@H]3CC[C@@]2(O[C@@]2(C(F)(F)F)C=CC=CN2)N3C=O)c(-n2nccn2)c1. The van der Waals surface area contributed by atoms with Gasteiger partial charge in [-0.15, -0.1) is 0 Å². The Balaban J connectivity index is 1.64. The van der Waals surface area contributed by atoms with E-state index >= 15 is 0 Å². The molecule has 2 bridgehead atoms. The molecule has 5 rings (SSSR count). The summed E-state index contributed by atoms with van der Waals surface area (Å²) in [4.78, 5) is 15.0. The van der Waals surface area contributed by atoms with E-state index in [0.717, 1.165) is 17.2 Å². The lowest BCUT2D eigenvalue weighted by Gasteiger charge is -2.46. The van der Waals surface area contributed by atoms with E-state index in [1.807, 2.05) is 25.1 Å². The standard InChI is InChI=1S/C22H22F3N5O2/c1-15-4-5-17(19(12-15)30-27-10-11-28-30)18-13-16-6-8-20(18,29(16)14-31)32-21(22(23,24)25)7-2-3-9-26-21/h2-5,7,9-12,14,16,18,26H,6,8,13H2,1H3/t16-,18?,20+,21-/m1/s1. The van der Waals surface area contributed by atoms with Crippen LogP contribution < -0.4 is 5.32 Å². The highest BCUT2D eigenvalue weighted by atomic mass is 19.4. The van der Waals surface area contributed by atoms with Gasteiger partial charge in [-0.05, 0) is 61.7 Å². The zero-order valence-electron chi connectivity index (χ0n) is 17.3. The number of carbonyl (C=O) groups is 1. The van der Waals surface area contributed by atoms with Gasteiger partial charge in [0.05, 0.1) is 18.1 Å². The summed E-state index contributed by atoms with van der Waals surface area (Å²) in [6.45, 7) is 1.92. The maximum atomic E-state index is 14.3. The quantitative estimate of drug-likeness (QED) is 0.715. The number of alkyl halides is 3. The molecule has 1 N–H and O–H groups in total. The lowest BCUT2D eigenvalue weighted by molar-refractivity contribution is -0.316. The first kappa shape index (κ1) is 20.7. The number of aromatic nitrogens is 3. The minimum Gasteiger partial charge on any atom is -0.353 e. The molecule has 2 aromatic rings.